The molecule has 1 aromatic rings. The Morgan fingerprint density at radius 3 is 2.37 bits per heavy atom. The van der Waals surface area contributed by atoms with E-state index in [1.165, 1.54) is 24.3 Å². The Balaban J connectivity index is 2.03. The van der Waals surface area contributed by atoms with Gasteiger partial charge >= 0.3 is 0 Å². The van der Waals surface area contributed by atoms with Crippen LogP contribution in [0.1, 0.15) is 30.9 Å². The van der Waals surface area contributed by atoms with Crippen LogP contribution in [-0.4, -0.2) is 35.0 Å². The molecule has 2 rings (SSSR count). The van der Waals surface area contributed by atoms with E-state index in [1.54, 1.807) is 4.90 Å². The highest BCUT2D eigenvalue weighted by atomic mass is 19.1. The molecule has 4 nitrogen and oxygen atoms in total. The maximum Gasteiger partial charge on any atom is 0.242 e. The fourth-order valence-corrected chi connectivity index (χ4v) is 2.33. The van der Waals surface area contributed by atoms with Gasteiger partial charge in [0, 0.05) is 13.1 Å². The SMILES string of the molecule is NC(C(=O)N1CCCCC1)C(O)c1ccc(F)cc1. The van der Waals surface area contributed by atoms with Crippen molar-refractivity contribution < 1.29 is 14.3 Å². The number of halogens is 1. The molecule has 0 aliphatic carbocycles. The molecule has 2 unspecified atom stereocenters. The van der Waals surface area contributed by atoms with Gasteiger partial charge in [-0.25, -0.2) is 4.39 Å². The van der Waals surface area contributed by atoms with Crippen LogP contribution in [0, 0.1) is 5.82 Å². The van der Waals surface area contributed by atoms with Crippen molar-refractivity contribution in [3.8, 4) is 0 Å². The number of benzene rings is 1. The highest BCUT2D eigenvalue weighted by Crippen LogP contribution is 2.19. The fraction of sp³-hybridized carbons (Fsp3) is 0.500. The number of hydrogen-bond acceptors (Lipinski definition) is 3. The number of carbonyl (C=O) groups is 1. The minimum absolute atomic E-state index is 0.239. The van der Waals surface area contributed by atoms with Gasteiger partial charge in [-0.15, -0.1) is 0 Å². The van der Waals surface area contributed by atoms with Gasteiger partial charge in [0.1, 0.15) is 18.0 Å². The first-order valence-corrected chi connectivity index (χ1v) is 6.57. The van der Waals surface area contributed by atoms with E-state index >= 15 is 0 Å². The maximum atomic E-state index is 12.8. The monoisotopic (exact) mass is 266 g/mol. The lowest BCUT2D eigenvalue weighted by Gasteiger charge is -2.30. The number of piperidine rings is 1. The van der Waals surface area contributed by atoms with Crippen molar-refractivity contribution in [3.63, 3.8) is 0 Å². The summed E-state index contributed by atoms with van der Waals surface area (Å²) in [6.45, 7) is 1.39. The summed E-state index contributed by atoms with van der Waals surface area (Å²) in [7, 11) is 0. The predicted octanol–water partition coefficient (Wildman–Crippen LogP) is 1.20. The topological polar surface area (TPSA) is 66.6 Å². The Bertz CT molecular complexity index is 430. The number of nitrogens with two attached hydrogens (primary N) is 1. The molecular weight excluding hydrogens is 247 g/mol. The molecule has 0 saturated carbocycles. The molecule has 0 aromatic heterocycles. The Morgan fingerprint density at radius 1 is 1.21 bits per heavy atom. The molecule has 1 fully saturated rings. The number of amides is 1. The Kier molecular flexibility index (Phi) is 4.50. The van der Waals surface area contributed by atoms with Crippen LogP contribution in [0.3, 0.4) is 0 Å². The average molecular weight is 266 g/mol. The molecule has 1 aliphatic rings. The van der Waals surface area contributed by atoms with Crippen molar-refractivity contribution in [2.45, 2.75) is 31.4 Å². The lowest BCUT2D eigenvalue weighted by molar-refractivity contribution is -0.136. The van der Waals surface area contributed by atoms with E-state index in [0.29, 0.717) is 18.7 Å². The van der Waals surface area contributed by atoms with E-state index in [-0.39, 0.29) is 11.7 Å². The van der Waals surface area contributed by atoms with Crippen LogP contribution in [0.4, 0.5) is 4.39 Å². The number of aliphatic hydroxyl groups excluding tert-OH is 1. The fourth-order valence-electron chi connectivity index (χ4n) is 2.33. The zero-order valence-corrected chi connectivity index (χ0v) is 10.8. The maximum absolute atomic E-state index is 12.8. The van der Waals surface area contributed by atoms with E-state index in [2.05, 4.69) is 0 Å². The van der Waals surface area contributed by atoms with Crippen molar-refractivity contribution in [3.05, 3.63) is 35.6 Å². The van der Waals surface area contributed by atoms with E-state index in [1.807, 2.05) is 0 Å². The summed E-state index contributed by atoms with van der Waals surface area (Å²) in [6.07, 6.45) is 1.98. The number of likely N-dealkylation sites (tertiary alicyclic amines) is 1. The summed E-state index contributed by atoms with van der Waals surface area (Å²) < 4.78 is 12.8. The molecule has 1 amide bonds. The van der Waals surface area contributed by atoms with Crippen LogP contribution in [0.25, 0.3) is 0 Å². The molecule has 1 saturated heterocycles. The third-order valence-corrected chi connectivity index (χ3v) is 3.50. The average Bonchev–Trinajstić information content (AvgIpc) is 2.46. The van der Waals surface area contributed by atoms with Gasteiger partial charge in [-0.1, -0.05) is 12.1 Å². The van der Waals surface area contributed by atoms with Gasteiger partial charge in [0.2, 0.25) is 5.91 Å². The zero-order chi connectivity index (χ0) is 13.8. The molecule has 0 spiro atoms. The normalized spacial score (nSPS) is 19.0. The third kappa shape index (κ3) is 3.30. The van der Waals surface area contributed by atoms with Gasteiger partial charge in [-0.05, 0) is 37.0 Å². The summed E-state index contributed by atoms with van der Waals surface area (Å²) in [4.78, 5) is 13.8. The minimum atomic E-state index is -1.10. The van der Waals surface area contributed by atoms with E-state index in [0.717, 1.165) is 19.3 Å². The second-order valence-corrected chi connectivity index (χ2v) is 4.91. The molecule has 1 aliphatic heterocycles. The molecule has 19 heavy (non-hydrogen) atoms. The van der Waals surface area contributed by atoms with Crippen LogP contribution in [0.2, 0.25) is 0 Å². The summed E-state index contributed by atoms with van der Waals surface area (Å²) in [6, 6.07) is 4.39. The third-order valence-electron chi connectivity index (χ3n) is 3.50. The van der Waals surface area contributed by atoms with Gasteiger partial charge in [0.05, 0.1) is 0 Å². The predicted molar refractivity (Wildman–Crippen MR) is 69.8 cm³/mol. The molecule has 2 atom stereocenters. The molecule has 104 valence electrons. The molecule has 5 heteroatoms. The van der Waals surface area contributed by atoms with Gasteiger partial charge in [0.15, 0.2) is 0 Å². The standard InChI is InChI=1S/C14H19FN2O2/c15-11-6-4-10(5-7-11)13(18)12(16)14(19)17-8-2-1-3-9-17/h4-7,12-13,18H,1-3,8-9,16H2. The van der Waals surface area contributed by atoms with E-state index in [4.69, 9.17) is 5.73 Å². The molecule has 0 bridgehead atoms. The summed E-state index contributed by atoms with van der Waals surface area (Å²) in [5, 5.41) is 10.1. The van der Waals surface area contributed by atoms with Crippen molar-refractivity contribution in [1.29, 1.82) is 0 Å². The first kappa shape index (κ1) is 14.0. The molecular formula is C14H19FN2O2. The number of rotatable bonds is 3. The Labute approximate surface area is 112 Å². The molecule has 1 heterocycles. The zero-order valence-electron chi connectivity index (χ0n) is 10.8. The number of aliphatic hydroxyl groups is 1. The van der Waals surface area contributed by atoms with Gasteiger partial charge in [-0.2, -0.15) is 0 Å². The van der Waals surface area contributed by atoms with Crippen molar-refractivity contribution >= 4 is 5.91 Å². The second kappa shape index (κ2) is 6.12. The largest absolute Gasteiger partial charge is 0.386 e. The van der Waals surface area contributed by atoms with Crippen LogP contribution < -0.4 is 5.73 Å². The number of carbonyl (C=O) groups excluding carboxylic acids is 1. The van der Waals surface area contributed by atoms with Gasteiger partial charge in [-0.3, -0.25) is 4.79 Å². The van der Waals surface area contributed by atoms with Crippen LogP contribution in [0.5, 0.6) is 0 Å². The summed E-state index contributed by atoms with van der Waals surface area (Å²) in [5.74, 6) is -0.622. The van der Waals surface area contributed by atoms with Gasteiger partial charge in [0.25, 0.3) is 0 Å². The second-order valence-electron chi connectivity index (χ2n) is 4.91. The lowest BCUT2D eigenvalue weighted by atomic mass is 10.0. The van der Waals surface area contributed by atoms with Crippen LogP contribution >= 0.6 is 0 Å². The van der Waals surface area contributed by atoms with E-state index in [9.17, 15) is 14.3 Å². The first-order valence-electron chi connectivity index (χ1n) is 6.57. The molecule has 0 radical (unpaired) electrons. The lowest BCUT2D eigenvalue weighted by Crippen LogP contribution is -2.48. The highest BCUT2D eigenvalue weighted by molar-refractivity contribution is 5.82. The Morgan fingerprint density at radius 2 is 1.79 bits per heavy atom. The Hall–Kier alpha value is -1.46. The van der Waals surface area contributed by atoms with Crippen molar-refractivity contribution in [1.82, 2.24) is 4.90 Å². The van der Waals surface area contributed by atoms with Crippen LogP contribution in [0.15, 0.2) is 24.3 Å². The van der Waals surface area contributed by atoms with Gasteiger partial charge < -0.3 is 15.7 Å². The number of hydrogen-bond donors (Lipinski definition) is 2. The first-order chi connectivity index (χ1) is 9.09. The highest BCUT2D eigenvalue weighted by Gasteiger charge is 2.28. The summed E-state index contributed by atoms with van der Waals surface area (Å²) in [5.41, 5.74) is 6.28. The quantitative estimate of drug-likeness (QED) is 0.864. The van der Waals surface area contributed by atoms with Crippen LogP contribution in [-0.2, 0) is 4.79 Å². The smallest absolute Gasteiger partial charge is 0.242 e. The van der Waals surface area contributed by atoms with Crippen molar-refractivity contribution in [2.75, 3.05) is 13.1 Å². The molecule has 1 aromatic carbocycles. The van der Waals surface area contributed by atoms with Crippen molar-refractivity contribution in [2.24, 2.45) is 5.73 Å². The van der Waals surface area contributed by atoms with E-state index < -0.39 is 12.1 Å². The minimum Gasteiger partial charge on any atom is -0.386 e. The molecule has 3 N–H and O–H groups in total. The number of nitrogens with zero attached hydrogens (tertiary/aromatic N) is 1. The summed E-state index contributed by atoms with van der Waals surface area (Å²) >= 11 is 0.